The molecule has 0 bridgehead atoms. The molecule has 0 saturated heterocycles. The molecule has 1 aliphatic rings. The van der Waals surface area contributed by atoms with Crippen LogP contribution in [0.1, 0.15) is 50.7 Å². The van der Waals surface area contributed by atoms with Gasteiger partial charge < -0.3 is 30.0 Å². The Morgan fingerprint density at radius 3 is 2.67 bits per heavy atom. The lowest BCUT2D eigenvalue weighted by molar-refractivity contribution is -0.123. The Hall–Kier alpha value is -3.85. The molecule has 2 aromatic rings. The molecule has 2 amide bonds. The zero-order valence-corrected chi connectivity index (χ0v) is 23.3. The molecular weight excluding hydrogens is 538 g/mol. The maximum atomic E-state index is 12.2. The van der Waals surface area contributed by atoms with E-state index >= 15 is 0 Å². The van der Waals surface area contributed by atoms with Crippen LogP contribution in [0.25, 0.3) is 0 Å². The molecule has 12 heteroatoms. The van der Waals surface area contributed by atoms with Gasteiger partial charge in [-0.3, -0.25) is 9.59 Å². The van der Waals surface area contributed by atoms with E-state index < -0.39 is 6.29 Å². The zero-order valence-electron chi connectivity index (χ0n) is 22.5. The van der Waals surface area contributed by atoms with Crippen LogP contribution in [-0.2, 0) is 9.59 Å². The van der Waals surface area contributed by atoms with Gasteiger partial charge in [-0.25, -0.2) is 5.43 Å². The van der Waals surface area contributed by atoms with Crippen LogP contribution in [0.15, 0.2) is 41.5 Å². The summed E-state index contributed by atoms with van der Waals surface area (Å²) in [6.07, 6.45) is 0.807. The third kappa shape index (κ3) is 10.0. The van der Waals surface area contributed by atoms with Gasteiger partial charge in [-0.15, -0.1) is 0 Å². The Morgan fingerprint density at radius 2 is 1.98 bits per heavy atom. The number of hydrogen-bond donors (Lipinski definition) is 4. The van der Waals surface area contributed by atoms with Crippen LogP contribution in [0.3, 0.4) is 0 Å². The number of hydrogen-bond acceptors (Lipinski definition) is 9. The van der Waals surface area contributed by atoms with Crippen molar-refractivity contribution in [2.45, 2.75) is 51.9 Å². The second-order valence-corrected chi connectivity index (χ2v) is 9.73. The number of nitriles is 1. The Morgan fingerprint density at radius 1 is 1.18 bits per heavy atom. The first-order valence-electron chi connectivity index (χ1n) is 13.0. The molecule has 1 heterocycles. The second kappa shape index (κ2) is 15.7. The fourth-order valence-corrected chi connectivity index (χ4v) is 3.90. The maximum absolute atomic E-state index is 12.2. The molecule has 0 saturated carbocycles. The van der Waals surface area contributed by atoms with Crippen molar-refractivity contribution in [1.82, 2.24) is 16.1 Å². The summed E-state index contributed by atoms with van der Waals surface area (Å²) < 4.78 is 16.7. The first kappa shape index (κ1) is 30.7. The number of nitrogens with zero attached hydrogens (tertiary/aromatic N) is 2. The van der Waals surface area contributed by atoms with Gasteiger partial charge in [0.15, 0.2) is 12.9 Å². The van der Waals surface area contributed by atoms with E-state index in [1.165, 1.54) is 6.07 Å². The highest BCUT2D eigenvalue weighted by molar-refractivity contribution is 6.32. The second-order valence-electron chi connectivity index (χ2n) is 9.32. The number of carbonyl (C=O) groups excluding carboxylic acids is 2. The van der Waals surface area contributed by atoms with Crippen molar-refractivity contribution >= 4 is 29.1 Å². The zero-order chi connectivity index (χ0) is 28.9. The van der Waals surface area contributed by atoms with E-state index in [9.17, 15) is 20.0 Å². The monoisotopic (exact) mass is 571 g/mol. The third-order valence-electron chi connectivity index (χ3n) is 5.72. The number of amides is 2. The standard InChI is InChI=1S/C28H34ClN5O6/c1-18(2)31-12-10-28(37)40-21-5-8-24(20(14-21)16-30)38-13-3-11-32-27(36)17-39-25-7-4-19(15-22(25)29)23-6-9-26(35)34-33-23/h4-5,7-8,14-15,18,28,31,37H,3,6,9-13,17H2,1-2H3,(H,32,36)(H,34,35)/t28-/m0/s1. The normalized spacial score (nSPS) is 13.6. The summed E-state index contributed by atoms with van der Waals surface area (Å²) >= 11 is 6.29. The van der Waals surface area contributed by atoms with Crippen LogP contribution in [0.4, 0.5) is 0 Å². The van der Waals surface area contributed by atoms with Gasteiger partial charge in [-0.05, 0) is 42.3 Å². The van der Waals surface area contributed by atoms with Gasteiger partial charge in [0, 0.05) is 44.5 Å². The fourth-order valence-electron chi connectivity index (χ4n) is 3.66. The number of aliphatic hydroxyl groups excluding tert-OH is 1. The Balaban J connectivity index is 1.36. The summed E-state index contributed by atoms with van der Waals surface area (Å²) in [5.41, 5.74) is 4.23. The minimum absolute atomic E-state index is 0.124. The Bertz CT molecular complexity index is 1250. The quantitative estimate of drug-likeness (QED) is 0.188. The van der Waals surface area contributed by atoms with Crippen molar-refractivity contribution < 1.29 is 28.9 Å². The van der Waals surface area contributed by atoms with Crippen molar-refractivity contribution in [2.75, 3.05) is 26.3 Å². The average molecular weight is 572 g/mol. The first-order chi connectivity index (χ1) is 19.2. The summed E-state index contributed by atoms with van der Waals surface area (Å²) in [7, 11) is 0. The van der Waals surface area contributed by atoms with E-state index in [-0.39, 0.29) is 30.6 Å². The molecule has 4 N–H and O–H groups in total. The summed E-state index contributed by atoms with van der Waals surface area (Å²) in [6.45, 7) is 5.05. The number of carbonyl (C=O) groups is 2. The Kier molecular flexibility index (Phi) is 12.0. The molecule has 0 unspecified atom stereocenters. The minimum Gasteiger partial charge on any atom is -0.492 e. The van der Waals surface area contributed by atoms with E-state index in [1.807, 2.05) is 13.8 Å². The van der Waals surface area contributed by atoms with Crippen molar-refractivity contribution in [2.24, 2.45) is 5.10 Å². The van der Waals surface area contributed by atoms with Crippen LogP contribution in [-0.4, -0.2) is 61.3 Å². The molecule has 0 radical (unpaired) electrons. The molecule has 0 aromatic heterocycles. The summed E-state index contributed by atoms with van der Waals surface area (Å²) in [5.74, 6) is 0.683. The van der Waals surface area contributed by atoms with Gasteiger partial charge in [-0.2, -0.15) is 10.4 Å². The number of hydrazone groups is 1. The summed E-state index contributed by atoms with van der Waals surface area (Å²) in [6, 6.07) is 12.3. The molecule has 0 spiro atoms. The molecule has 2 aromatic carbocycles. The summed E-state index contributed by atoms with van der Waals surface area (Å²) in [4.78, 5) is 23.4. The molecule has 1 atom stereocenters. The molecule has 0 fully saturated rings. The molecule has 1 aliphatic heterocycles. The lowest BCUT2D eigenvalue weighted by Gasteiger charge is -2.16. The predicted molar refractivity (Wildman–Crippen MR) is 150 cm³/mol. The van der Waals surface area contributed by atoms with E-state index in [2.05, 4.69) is 27.2 Å². The highest BCUT2D eigenvalue weighted by Crippen LogP contribution is 2.27. The SMILES string of the molecule is CC(C)NCC[C@@H](O)Oc1ccc(OCCCNC(=O)COc2ccc(C3=NNC(=O)CC3)cc2Cl)c(C#N)c1. The van der Waals surface area contributed by atoms with Crippen molar-refractivity contribution in [3.8, 4) is 23.3 Å². The van der Waals surface area contributed by atoms with Crippen molar-refractivity contribution in [3.63, 3.8) is 0 Å². The number of aliphatic hydroxyl groups is 1. The number of ether oxygens (including phenoxy) is 3. The molecule has 0 aliphatic carbocycles. The van der Waals surface area contributed by atoms with Crippen molar-refractivity contribution in [3.05, 3.63) is 52.5 Å². The number of rotatable bonds is 15. The third-order valence-corrected chi connectivity index (χ3v) is 6.01. The van der Waals surface area contributed by atoms with E-state index in [0.29, 0.717) is 67.1 Å². The maximum Gasteiger partial charge on any atom is 0.257 e. The molecule has 214 valence electrons. The van der Waals surface area contributed by atoms with Gasteiger partial charge in [0.05, 0.1) is 22.9 Å². The van der Waals surface area contributed by atoms with E-state index in [0.717, 1.165) is 11.3 Å². The molecule has 3 rings (SSSR count). The lowest BCUT2D eigenvalue weighted by atomic mass is 10.0. The van der Waals surface area contributed by atoms with Gasteiger partial charge in [0.25, 0.3) is 5.91 Å². The molecular formula is C28H34ClN5O6. The first-order valence-corrected chi connectivity index (χ1v) is 13.4. The van der Waals surface area contributed by atoms with Gasteiger partial charge >= 0.3 is 0 Å². The number of nitrogens with one attached hydrogen (secondary N) is 3. The van der Waals surface area contributed by atoms with Crippen LogP contribution in [0.2, 0.25) is 5.02 Å². The highest BCUT2D eigenvalue weighted by Gasteiger charge is 2.15. The summed E-state index contributed by atoms with van der Waals surface area (Å²) in [5, 5.41) is 29.8. The van der Waals surface area contributed by atoms with Crippen LogP contribution < -0.4 is 30.3 Å². The van der Waals surface area contributed by atoms with Gasteiger partial charge in [-0.1, -0.05) is 25.4 Å². The smallest absolute Gasteiger partial charge is 0.257 e. The van der Waals surface area contributed by atoms with E-state index in [1.54, 1.807) is 30.3 Å². The largest absolute Gasteiger partial charge is 0.492 e. The number of halogens is 1. The average Bonchev–Trinajstić information content (AvgIpc) is 2.93. The predicted octanol–water partition coefficient (Wildman–Crippen LogP) is 2.88. The minimum atomic E-state index is -0.991. The van der Waals surface area contributed by atoms with Gasteiger partial charge in [0.1, 0.15) is 23.3 Å². The Labute approximate surface area is 238 Å². The lowest BCUT2D eigenvalue weighted by Crippen LogP contribution is -2.30. The topological polar surface area (TPSA) is 154 Å². The number of benzene rings is 2. The highest BCUT2D eigenvalue weighted by atomic mass is 35.5. The molecule has 11 nitrogen and oxygen atoms in total. The van der Waals surface area contributed by atoms with Crippen molar-refractivity contribution in [1.29, 1.82) is 5.26 Å². The van der Waals surface area contributed by atoms with Crippen LogP contribution in [0, 0.1) is 11.3 Å². The fraction of sp³-hybridized carbons (Fsp3) is 0.429. The van der Waals surface area contributed by atoms with Gasteiger partial charge in [0.2, 0.25) is 5.91 Å². The van der Waals surface area contributed by atoms with Crippen LogP contribution in [0.5, 0.6) is 17.2 Å². The van der Waals surface area contributed by atoms with E-state index in [4.69, 9.17) is 25.8 Å². The molecule has 40 heavy (non-hydrogen) atoms. The van der Waals surface area contributed by atoms with Crippen LogP contribution >= 0.6 is 11.6 Å².